The van der Waals surface area contributed by atoms with Crippen LogP contribution >= 0.6 is 0 Å². The molecule has 0 saturated carbocycles. The van der Waals surface area contributed by atoms with Gasteiger partial charge in [-0.2, -0.15) is 0 Å². The number of nitrogens with zero attached hydrogens (tertiary/aromatic N) is 2. The van der Waals surface area contributed by atoms with Gasteiger partial charge >= 0.3 is 0 Å². The number of hydrogen-bond donors (Lipinski definition) is 1. The first-order valence-electron chi connectivity index (χ1n) is 11.1. The summed E-state index contributed by atoms with van der Waals surface area (Å²) in [6.45, 7) is 7.93. The van der Waals surface area contributed by atoms with Crippen molar-refractivity contribution in [3.63, 3.8) is 0 Å². The highest BCUT2D eigenvalue weighted by Crippen LogP contribution is 2.41. The maximum Gasteiger partial charge on any atom is 0.295 e. The molecule has 3 aromatic rings. The minimum atomic E-state index is -0.732. The molecule has 1 unspecified atom stereocenters. The van der Waals surface area contributed by atoms with E-state index in [-0.39, 0.29) is 17.9 Å². The first-order chi connectivity index (χ1) is 16.2. The van der Waals surface area contributed by atoms with Crippen LogP contribution in [0.2, 0.25) is 0 Å². The van der Waals surface area contributed by atoms with Gasteiger partial charge in [-0.3, -0.25) is 14.6 Å². The lowest BCUT2D eigenvalue weighted by molar-refractivity contribution is -0.140. The molecule has 0 aliphatic carbocycles. The number of likely N-dealkylation sites (tertiary alicyclic amines) is 1. The third-order valence-electron chi connectivity index (χ3n) is 6.40. The summed E-state index contributed by atoms with van der Waals surface area (Å²) in [6, 6.07) is 12.5. The molecule has 1 fully saturated rings. The predicted molar refractivity (Wildman–Crippen MR) is 130 cm³/mol. The number of hydrogen-bond acceptors (Lipinski definition) is 5. The fourth-order valence-corrected chi connectivity index (χ4v) is 4.50. The molecule has 1 saturated heterocycles. The van der Waals surface area contributed by atoms with Crippen LogP contribution in [0.1, 0.15) is 45.0 Å². The Morgan fingerprint density at radius 1 is 0.971 bits per heavy atom. The van der Waals surface area contributed by atoms with Crippen molar-refractivity contribution in [2.45, 2.75) is 40.3 Å². The zero-order valence-electron chi connectivity index (χ0n) is 20.0. The number of pyridine rings is 1. The van der Waals surface area contributed by atoms with E-state index in [0.717, 1.165) is 27.8 Å². The number of rotatable bonds is 5. The molecule has 6 heteroatoms. The monoisotopic (exact) mass is 456 g/mol. The van der Waals surface area contributed by atoms with Crippen LogP contribution < -0.4 is 4.74 Å². The van der Waals surface area contributed by atoms with E-state index in [1.54, 1.807) is 37.7 Å². The van der Waals surface area contributed by atoms with E-state index >= 15 is 0 Å². The Morgan fingerprint density at radius 3 is 2.35 bits per heavy atom. The molecule has 34 heavy (non-hydrogen) atoms. The number of ether oxygens (including phenoxy) is 1. The van der Waals surface area contributed by atoms with E-state index in [9.17, 15) is 14.7 Å². The van der Waals surface area contributed by atoms with Gasteiger partial charge in [0, 0.05) is 24.5 Å². The van der Waals surface area contributed by atoms with Crippen molar-refractivity contribution in [3.8, 4) is 5.75 Å². The standard InChI is InChI=1S/C28H28N2O4/c1-16-6-7-17(2)21(12-16)15-30-25(20-8-10-29-11-9-20)24(27(32)28(30)33)26(31)22-13-19(4)23(34-5)14-18(22)3/h6-14,25,31H,15H2,1-5H3/b26-24+. The molecule has 1 atom stereocenters. The average Bonchev–Trinajstić information content (AvgIpc) is 3.07. The second-order valence-electron chi connectivity index (χ2n) is 8.77. The zero-order chi connectivity index (χ0) is 24.6. The summed E-state index contributed by atoms with van der Waals surface area (Å²) in [5.41, 5.74) is 5.91. The predicted octanol–water partition coefficient (Wildman–Crippen LogP) is 4.95. The van der Waals surface area contributed by atoms with E-state index < -0.39 is 17.7 Å². The molecule has 4 rings (SSSR count). The van der Waals surface area contributed by atoms with Gasteiger partial charge in [0.25, 0.3) is 11.7 Å². The number of carbonyl (C=O) groups excluding carboxylic acids is 2. The van der Waals surface area contributed by atoms with Gasteiger partial charge < -0.3 is 14.7 Å². The third-order valence-corrected chi connectivity index (χ3v) is 6.40. The summed E-state index contributed by atoms with van der Waals surface area (Å²) >= 11 is 0. The number of methoxy groups -OCH3 is 1. The molecular formula is C28H28N2O4. The summed E-state index contributed by atoms with van der Waals surface area (Å²) in [5, 5.41) is 11.4. The Bertz CT molecular complexity index is 1310. The van der Waals surface area contributed by atoms with Gasteiger partial charge in [0.2, 0.25) is 0 Å². The van der Waals surface area contributed by atoms with Crippen molar-refractivity contribution in [2.75, 3.05) is 7.11 Å². The van der Waals surface area contributed by atoms with Crippen molar-refractivity contribution in [3.05, 3.63) is 99.4 Å². The maximum absolute atomic E-state index is 13.3. The van der Waals surface area contributed by atoms with E-state index in [2.05, 4.69) is 4.98 Å². The van der Waals surface area contributed by atoms with Gasteiger partial charge in [-0.05, 0) is 79.8 Å². The number of benzene rings is 2. The first kappa shape index (κ1) is 23.2. The number of carbonyl (C=O) groups is 2. The van der Waals surface area contributed by atoms with Gasteiger partial charge in [0.05, 0.1) is 18.7 Å². The van der Waals surface area contributed by atoms with Crippen molar-refractivity contribution >= 4 is 17.4 Å². The van der Waals surface area contributed by atoms with Crippen molar-refractivity contribution in [1.29, 1.82) is 0 Å². The molecule has 6 nitrogen and oxygen atoms in total. The molecule has 1 N–H and O–H groups in total. The van der Waals surface area contributed by atoms with Gasteiger partial charge in [-0.1, -0.05) is 23.8 Å². The summed E-state index contributed by atoms with van der Waals surface area (Å²) < 4.78 is 5.38. The molecule has 0 spiro atoms. The maximum atomic E-state index is 13.3. The minimum absolute atomic E-state index is 0.0779. The van der Waals surface area contributed by atoms with E-state index in [1.165, 1.54) is 4.90 Å². The van der Waals surface area contributed by atoms with Gasteiger partial charge in [0.1, 0.15) is 11.5 Å². The molecule has 2 aromatic carbocycles. The molecule has 1 amide bonds. The Morgan fingerprint density at radius 2 is 1.68 bits per heavy atom. The van der Waals surface area contributed by atoms with Crippen molar-refractivity contribution in [1.82, 2.24) is 9.88 Å². The fraction of sp³-hybridized carbons (Fsp3) is 0.250. The molecule has 2 heterocycles. The van der Waals surface area contributed by atoms with Gasteiger partial charge in [-0.15, -0.1) is 0 Å². The van der Waals surface area contributed by atoms with Gasteiger partial charge in [-0.25, -0.2) is 0 Å². The number of amides is 1. The van der Waals surface area contributed by atoms with E-state index in [0.29, 0.717) is 16.9 Å². The Labute approximate surface area is 199 Å². The number of Topliss-reactive ketones (excluding diaryl/α,β-unsaturated/α-hetero) is 1. The highest BCUT2D eigenvalue weighted by Gasteiger charge is 2.46. The van der Waals surface area contributed by atoms with Crippen LogP contribution in [0.4, 0.5) is 0 Å². The number of aliphatic hydroxyl groups is 1. The Balaban J connectivity index is 1.90. The smallest absolute Gasteiger partial charge is 0.295 e. The molecular weight excluding hydrogens is 428 g/mol. The third kappa shape index (κ3) is 4.07. The van der Waals surface area contributed by atoms with Crippen LogP contribution in [-0.4, -0.2) is 33.8 Å². The zero-order valence-corrected chi connectivity index (χ0v) is 20.0. The number of aliphatic hydroxyl groups excluding tert-OH is 1. The summed E-state index contributed by atoms with van der Waals surface area (Å²) in [6.07, 6.45) is 3.24. The highest BCUT2D eigenvalue weighted by molar-refractivity contribution is 6.46. The number of aromatic nitrogens is 1. The molecule has 0 bridgehead atoms. The molecule has 1 aliphatic heterocycles. The normalized spacial score (nSPS) is 17.3. The summed E-state index contributed by atoms with van der Waals surface area (Å²) in [5.74, 6) is -0.827. The Hall–Kier alpha value is -3.93. The summed E-state index contributed by atoms with van der Waals surface area (Å²) in [7, 11) is 1.59. The molecule has 0 radical (unpaired) electrons. The fourth-order valence-electron chi connectivity index (χ4n) is 4.50. The minimum Gasteiger partial charge on any atom is -0.507 e. The molecule has 174 valence electrons. The van der Waals surface area contributed by atoms with Crippen LogP contribution in [-0.2, 0) is 16.1 Å². The number of ketones is 1. The summed E-state index contributed by atoms with van der Waals surface area (Å²) in [4.78, 5) is 32.2. The second kappa shape index (κ2) is 9.14. The van der Waals surface area contributed by atoms with E-state index in [1.807, 2.05) is 52.0 Å². The lowest BCUT2D eigenvalue weighted by atomic mass is 9.93. The topological polar surface area (TPSA) is 79.7 Å². The van der Waals surface area contributed by atoms with Crippen LogP contribution in [0.5, 0.6) is 5.75 Å². The number of aryl methyl sites for hydroxylation is 4. The van der Waals surface area contributed by atoms with Crippen LogP contribution in [0, 0.1) is 27.7 Å². The van der Waals surface area contributed by atoms with Crippen LogP contribution in [0.15, 0.2) is 60.4 Å². The van der Waals surface area contributed by atoms with E-state index in [4.69, 9.17) is 4.74 Å². The molecule has 1 aliphatic rings. The largest absolute Gasteiger partial charge is 0.507 e. The lowest BCUT2D eigenvalue weighted by Crippen LogP contribution is -2.29. The average molecular weight is 457 g/mol. The first-order valence-corrected chi connectivity index (χ1v) is 11.1. The van der Waals surface area contributed by atoms with Crippen molar-refractivity contribution in [2.24, 2.45) is 0 Å². The second-order valence-corrected chi connectivity index (χ2v) is 8.77. The van der Waals surface area contributed by atoms with Gasteiger partial charge in [0.15, 0.2) is 0 Å². The van der Waals surface area contributed by atoms with Crippen molar-refractivity contribution < 1.29 is 19.4 Å². The molecule has 1 aromatic heterocycles. The highest BCUT2D eigenvalue weighted by atomic mass is 16.5. The Kier molecular flexibility index (Phi) is 6.24. The van der Waals surface area contributed by atoms with Crippen LogP contribution in [0.25, 0.3) is 5.76 Å². The SMILES string of the molecule is COc1cc(C)c(/C(O)=C2\C(=O)C(=O)N(Cc3cc(C)ccc3C)C2c2ccncc2)cc1C. The van der Waals surface area contributed by atoms with Crippen LogP contribution in [0.3, 0.4) is 0 Å². The lowest BCUT2D eigenvalue weighted by Gasteiger charge is -2.26. The quantitative estimate of drug-likeness (QED) is 0.334.